The van der Waals surface area contributed by atoms with Crippen LogP contribution in [0.1, 0.15) is 81.9 Å². The van der Waals surface area contributed by atoms with E-state index in [-0.39, 0.29) is 35.4 Å². The maximum absolute atomic E-state index is 13.8. The highest BCUT2D eigenvalue weighted by Crippen LogP contribution is 2.70. The molecule has 4 aliphatic carbocycles. The Morgan fingerprint density at radius 3 is 2.59 bits per heavy atom. The van der Waals surface area contributed by atoms with Crippen LogP contribution in [-0.4, -0.2) is 52.3 Å². The van der Waals surface area contributed by atoms with Crippen LogP contribution in [-0.2, 0) is 36.8 Å². The highest BCUT2D eigenvalue weighted by Gasteiger charge is 2.75. The van der Waals surface area contributed by atoms with Crippen LogP contribution < -0.4 is 0 Å². The number of aliphatic hydroxyl groups excluding tert-OH is 2. The fourth-order valence-corrected chi connectivity index (χ4v) is 9.95. The summed E-state index contributed by atoms with van der Waals surface area (Å²) < 4.78 is 19.1. The lowest BCUT2D eigenvalue weighted by Crippen LogP contribution is -2.63. The molecule has 1 aliphatic heterocycles. The number of ether oxygens (including phenoxy) is 3. The highest BCUT2D eigenvalue weighted by atomic mass is 16.7. The van der Waals surface area contributed by atoms with Crippen molar-refractivity contribution in [3.8, 4) is 0 Å². The van der Waals surface area contributed by atoms with Gasteiger partial charge in [-0.05, 0) is 86.6 Å². The predicted molar refractivity (Wildman–Crippen MR) is 173 cm³/mol. The van der Waals surface area contributed by atoms with Crippen LogP contribution in [0.2, 0.25) is 0 Å². The predicted octanol–water partition coefficient (Wildman–Crippen LogP) is 5.81. The van der Waals surface area contributed by atoms with Gasteiger partial charge in [0.1, 0.15) is 6.61 Å². The van der Waals surface area contributed by atoms with Gasteiger partial charge in [0.15, 0.2) is 23.5 Å². The zero-order valence-corrected chi connectivity index (χ0v) is 27.3. The van der Waals surface area contributed by atoms with Gasteiger partial charge in [0.05, 0.1) is 24.9 Å². The van der Waals surface area contributed by atoms with Crippen LogP contribution in [0, 0.1) is 28.6 Å². The molecule has 0 radical (unpaired) electrons. The normalized spacial score (nSPS) is 37.8. The summed E-state index contributed by atoms with van der Waals surface area (Å²) in [5, 5.41) is 22.1. The van der Waals surface area contributed by atoms with Gasteiger partial charge in [-0.15, -0.1) is 0 Å². The zero-order valence-electron chi connectivity index (χ0n) is 27.3. The summed E-state index contributed by atoms with van der Waals surface area (Å²) in [4.78, 5) is 26.0. The molecule has 4 fully saturated rings. The molecule has 9 atom stereocenters. The molecule has 1 saturated heterocycles. The first-order valence-electron chi connectivity index (χ1n) is 16.9. The summed E-state index contributed by atoms with van der Waals surface area (Å²) in [6, 6.07) is 16.6. The van der Waals surface area contributed by atoms with Crippen molar-refractivity contribution in [2.24, 2.45) is 28.6 Å². The van der Waals surface area contributed by atoms with Crippen LogP contribution in [0.4, 0.5) is 0 Å². The molecular weight excluding hydrogens is 580 g/mol. The minimum Gasteiger partial charge on any atom is -0.393 e. The fraction of sp³-hybridized carbons (Fsp3) is 0.538. The minimum atomic E-state index is -1.35. The summed E-state index contributed by atoms with van der Waals surface area (Å²) in [6.45, 7) is 8.21. The standard InChI is InChI=1S/C39H46O7/c1-23(2)44-22-26-7-5-6-25(17-26)16-24-8-10-27(11-9-24)36-45-34-19-31-30-13-12-28-18-29(41)14-15-37(28,3)35(30)32(42)20-38(31,4)39(34,46-36)33(43)21-40/h5-11,14-15,17-18,23,30-32,34-36,40,42H,12-13,16,19-22H2,1-4H3/t30-,31-,32-,34+,35+,36+,37-,38-,39+/m0/s1. The average Bonchev–Trinajstić information content (AvgIpc) is 3.53. The Bertz CT molecular complexity index is 1570. The van der Waals surface area contributed by atoms with E-state index in [0.717, 1.165) is 41.5 Å². The van der Waals surface area contributed by atoms with Crippen LogP contribution in [0.15, 0.2) is 72.3 Å². The topological polar surface area (TPSA) is 102 Å². The Morgan fingerprint density at radius 1 is 1.09 bits per heavy atom. The molecule has 1 heterocycles. The van der Waals surface area contributed by atoms with Gasteiger partial charge in [-0.3, -0.25) is 9.59 Å². The monoisotopic (exact) mass is 626 g/mol. The quantitative estimate of drug-likeness (QED) is 0.382. The van der Waals surface area contributed by atoms with Crippen molar-refractivity contribution in [3.63, 3.8) is 0 Å². The number of carbonyl (C=O) groups is 2. The van der Waals surface area contributed by atoms with Crippen LogP contribution in [0.3, 0.4) is 0 Å². The number of hydrogen-bond acceptors (Lipinski definition) is 7. The van der Waals surface area contributed by atoms with E-state index in [1.165, 1.54) is 5.56 Å². The van der Waals surface area contributed by atoms with E-state index >= 15 is 0 Å². The Hall–Kier alpha value is -2.94. The summed E-state index contributed by atoms with van der Waals surface area (Å²) in [5.41, 5.74) is 2.95. The van der Waals surface area contributed by atoms with E-state index in [4.69, 9.17) is 14.2 Å². The lowest BCUT2D eigenvalue weighted by molar-refractivity contribution is -0.201. The number of benzene rings is 2. The first-order valence-corrected chi connectivity index (χ1v) is 16.9. The van der Waals surface area contributed by atoms with Crippen molar-refractivity contribution in [1.29, 1.82) is 0 Å². The largest absolute Gasteiger partial charge is 0.393 e. The van der Waals surface area contributed by atoms with Gasteiger partial charge in [0.2, 0.25) is 0 Å². The van der Waals surface area contributed by atoms with Gasteiger partial charge in [0, 0.05) is 22.3 Å². The molecule has 244 valence electrons. The van der Waals surface area contributed by atoms with Gasteiger partial charge in [-0.1, -0.05) is 74.0 Å². The number of aliphatic hydroxyl groups is 2. The molecule has 2 aromatic rings. The average molecular weight is 627 g/mol. The highest BCUT2D eigenvalue weighted by molar-refractivity contribution is 6.01. The van der Waals surface area contributed by atoms with Crippen LogP contribution >= 0.6 is 0 Å². The Kier molecular flexibility index (Phi) is 8.01. The second-order valence-corrected chi connectivity index (χ2v) is 14.9. The third kappa shape index (κ3) is 4.89. The van der Waals surface area contributed by atoms with E-state index in [0.29, 0.717) is 19.4 Å². The van der Waals surface area contributed by atoms with E-state index in [9.17, 15) is 19.8 Å². The second-order valence-electron chi connectivity index (χ2n) is 14.9. The molecular formula is C39H46O7. The Balaban J connectivity index is 1.12. The van der Waals surface area contributed by atoms with E-state index in [1.54, 1.807) is 12.2 Å². The van der Waals surface area contributed by atoms with Gasteiger partial charge in [0.25, 0.3) is 0 Å². The van der Waals surface area contributed by atoms with Gasteiger partial charge in [-0.25, -0.2) is 0 Å². The van der Waals surface area contributed by atoms with E-state index in [2.05, 4.69) is 50.2 Å². The van der Waals surface area contributed by atoms with Gasteiger partial charge in [-0.2, -0.15) is 0 Å². The lowest BCUT2D eigenvalue weighted by atomic mass is 9.46. The van der Waals surface area contributed by atoms with Gasteiger partial charge < -0.3 is 24.4 Å². The molecule has 3 saturated carbocycles. The Labute approximate surface area is 271 Å². The molecule has 7 nitrogen and oxygen atoms in total. The number of rotatable bonds is 8. The van der Waals surface area contributed by atoms with Crippen molar-refractivity contribution in [2.75, 3.05) is 6.61 Å². The number of ketones is 2. The van der Waals surface area contributed by atoms with Gasteiger partial charge >= 0.3 is 0 Å². The minimum absolute atomic E-state index is 0.00577. The summed E-state index contributed by atoms with van der Waals surface area (Å²) in [5.74, 6) is -0.244. The van der Waals surface area contributed by atoms with Crippen molar-refractivity contribution >= 4 is 11.6 Å². The molecule has 2 N–H and O–H groups in total. The van der Waals surface area contributed by atoms with E-state index in [1.807, 2.05) is 32.1 Å². The van der Waals surface area contributed by atoms with Crippen molar-refractivity contribution in [1.82, 2.24) is 0 Å². The molecule has 0 spiro atoms. The van der Waals surface area contributed by atoms with Crippen molar-refractivity contribution in [3.05, 3.63) is 94.6 Å². The molecule has 0 aromatic heterocycles. The summed E-state index contributed by atoms with van der Waals surface area (Å²) in [7, 11) is 0. The molecule has 0 bridgehead atoms. The maximum atomic E-state index is 13.8. The smallest absolute Gasteiger partial charge is 0.193 e. The third-order valence-corrected chi connectivity index (χ3v) is 12.0. The number of hydrogen-bond donors (Lipinski definition) is 2. The summed E-state index contributed by atoms with van der Waals surface area (Å²) >= 11 is 0. The molecule has 46 heavy (non-hydrogen) atoms. The van der Waals surface area contributed by atoms with Crippen molar-refractivity contribution in [2.45, 2.75) is 96.6 Å². The van der Waals surface area contributed by atoms with Crippen LogP contribution in [0.5, 0.6) is 0 Å². The number of Topliss-reactive ketones (excluding diaryl/α,β-unsaturated/α-hetero) is 1. The number of fused-ring (bicyclic) bond motifs is 7. The SMILES string of the molecule is CC(C)OCc1cccc(Cc2ccc([C@@H]3O[C@@H]4C[C@H]5[C@@H]6CCC7=CC(=O)C=C[C@]7(C)[C@H]6[C@@H](O)C[C@]5(C)[C@]4(C(=O)CO)O3)cc2)c1. The molecule has 7 heteroatoms. The summed E-state index contributed by atoms with van der Waals surface area (Å²) in [6.07, 6.45) is 6.96. The Morgan fingerprint density at radius 2 is 1.85 bits per heavy atom. The lowest BCUT2D eigenvalue weighted by Gasteiger charge is -2.59. The fourth-order valence-electron chi connectivity index (χ4n) is 9.95. The first kappa shape index (κ1) is 31.6. The molecule has 0 amide bonds. The first-order chi connectivity index (χ1) is 22.0. The van der Waals surface area contributed by atoms with E-state index < -0.39 is 41.5 Å². The third-order valence-electron chi connectivity index (χ3n) is 12.0. The maximum Gasteiger partial charge on any atom is 0.193 e. The molecule has 0 unspecified atom stereocenters. The molecule has 7 rings (SSSR count). The zero-order chi connectivity index (χ0) is 32.4. The molecule has 2 aromatic carbocycles. The number of allylic oxidation sites excluding steroid dienone is 4. The van der Waals surface area contributed by atoms with Crippen LogP contribution in [0.25, 0.3) is 0 Å². The number of carbonyl (C=O) groups excluding carboxylic acids is 2. The molecule has 5 aliphatic rings. The van der Waals surface area contributed by atoms with Crippen molar-refractivity contribution < 1.29 is 34.0 Å². The second kappa shape index (κ2) is 11.6.